The first-order valence-electron chi connectivity index (χ1n) is 11.2. The number of amides is 1. The highest BCUT2D eigenvalue weighted by Crippen LogP contribution is 2.50. The average molecular weight is 540 g/mol. The predicted octanol–water partition coefficient (Wildman–Crippen LogP) is 7.75. The Morgan fingerprint density at radius 1 is 0.838 bits per heavy atom. The van der Waals surface area contributed by atoms with Crippen LogP contribution >= 0.6 is 0 Å². The van der Waals surface area contributed by atoms with Crippen molar-refractivity contribution in [3.63, 3.8) is 0 Å². The fraction of sp³-hybridized carbons (Fsp3) is 0.458. The second kappa shape index (κ2) is 9.32. The van der Waals surface area contributed by atoms with Crippen LogP contribution in [-0.4, -0.2) is 24.6 Å². The van der Waals surface area contributed by atoms with Crippen molar-refractivity contribution in [2.45, 2.75) is 56.3 Å². The average Bonchev–Trinajstić information content (AvgIpc) is 3.64. The molecule has 1 N–H and O–H groups in total. The van der Waals surface area contributed by atoms with E-state index in [0.29, 0.717) is 36.2 Å². The number of carbonyl (C=O) groups is 1. The molecule has 4 nitrogen and oxygen atoms in total. The molecule has 0 aromatic heterocycles. The predicted molar refractivity (Wildman–Crippen MR) is 114 cm³/mol. The van der Waals surface area contributed by atoms with E-state index in [9.17, 15) is 44.3 Å². The maximum Gasteiger partial charge on any atom is 0.416 e. The molecule has 0 radical (unpaired) electrons. The number of benzene rings is 2. The van der Waals surface area contributed by atoms with E-state index in [1.165, 1.54) is 0 Å². The number of alkyl halides is 9. The highest BCUT2D eigenvalue weighted by molar-refractivity contribution is 5.71. The van der Waals surface area contributed by atoms with Crippen molar-refractivity contribution in [2.24, 2.45) is 0 Å². The van der Waals surface area contributed by atoms with Gasteiger partial charge in [-0.25, -0.2) is 4.79 Å². The summed E-state index contributed by atoms with van der Waals surface area (Å²) in [5.41, 5.74) is -3.70. The van der Waals surface area contributed by atoms with Gasteiger partial charge in [-0.05, 0) is 72.2 Å². The third-order valence-corrected chi connectivity index (χ3v) is 6.41. The summed E-state index contributed by atoms with van der Waals surface area (Å²) in [4.78, 5) is 13.6. The Labute approximate surface area is 205 Å². The van der Waals surface area contributed by atoms with Crippen LogP contribution in [0.2, 0.25) is 0 Å². The second-order valence-electron chi connectivity index (χ2n) is 9.05. The lowest BCUT2D eigenvalue weighted by Gasteiger charge is -2.37. The Balaban J connectivity index is 1.82. The number of halogens is 9. The highest BCUT2D eigenvalue weighted by Gasteiger charge is 2.41. The molecule has 0 spiro atoms. The molecule has 202 valence electrons. The molecule has 4 rings (SSSR count). The van der Waals surface area contributed by atoms with Gasteiger partial charge in [0.1, 0.15) is 0 Å². The Kier molecular flexibility index (Phi) is 6.78. The Hall–Kier alpha value is -3.12. The van der Waals surface area contributed by atoms with Crippen LogP contribution in [0.4, 0.5) is 50.0 Å². The van der Waals surface area contributed by atoms with Gasteiger partial charge in [-0.2, -0.15) is 39.5 Å². The topological polar surface area (TPSA) is 41.6 Å². The SMILES string of the molecule is COC(=O)N(Cc1cc(C(F)(F)F)cc(C(F)(F)F)c1)C1CCNc2c(C3CC3)cc(C(F)(F)F)cc21. The molecule has 1 aliphatic heterocycles. The Morgan fingerprint density at radius 3 is 1.84 bits per heavy atom. The van der Waals surface area contributed by atoms with E-state index in [0.717, 1.165) is 24.1 Å². The maximum atomic E-state index is 13.7. The molecule has 1 amide bonds. The zero-order chi connectivity index (χ0) is 27.3. The van der Waals surface area contributed by atoms with Crippen LogP contribution in [0.25, 0.3) is 0 Å². The van der Waals surface area contributed by atoms with Crippen molar-refractivity contribution in [3.8, 4) is 0 Å². The molecular formula is C24H21F9N2O2. The monoisotopic (exact) mass is 540 g/mol. The highest BCUT2D eigenvalue weighted by atomic mass is 19.4. The van der Waals surface area contributed by atoms with Gasteiger partial charge in [-0.1, -0.05) is 0 Å². The fourth-order valence-corrected chi connectivity index (χ4v) is 4.57. The van der Waals surface area contributed by atoms with Gasteiger partial charge in [0.15, 0.2) is 0 Å². The summed E-state index contributed by atoms with van der Waals surface area (Å²) in [7, 11) is 0.965. The lowest BCUT2D eigenvalue weighted by atomic mass is 9.89. The van der Waals surface area contributed by atoms with E-state index in [-0.39, 0.29) is 30.5 Å². The number of nitrogens with one attached hydrogen (secondary N) is 1. The summed E-state index contributed by atoms with van der Waals surface area (Å²) in [6, 6.07) is 1.73. The summed E-state index contributed by atoms with van der Waals surface area (Å²) in [6.45, 7) is -0.536. The first-order valence-corrected chi connectivity index (χ1v) is 11.2. The zero-order valence-electron chi connectivity index (χ0n) is 19.2. The summed E-state index contributed by atoms with van der Waals surface area (Å²) in [5.74, 6) is -0.119. The number of methoxy groups -OCH3 is 1. The molecule has 37 heavy (non-hydrogen) atoms. The quantitative estimate of drug-likeness (QED) is 0.404. The molecule has 1 saturated carbocycles. The van der Waals surface area contributed by atoms with Crippen LogP contribution in [0.3, 0.4) is 0 Å². The molecule has 1 aliphatic carbocycles. The van der Waals surface area contributed by atoms with Crippen molar-refractivity contribution < 1.29 is 49.0 Å². The van der Waals surface area contributed by atoms with E-state index in [2.05, 4.69) is 5.32 Å². The van der Waals surface area contributed by atoms with Crippen LogP contribution in [0.15, 0.2) is 30.3 Å². The van der Waals surface area contributed by atoms with Gasteiger partial charge in [0.2, 0.25) is 0 Å². The number of nitrogens with zero attached hydrogens (tertiary/aromatic N) is 1. The third kappa shape index (κ3) is 5.74. The van der Waals surface area contributed by atoms with Crippen LogP contribution in [-0.2, 0) is 29.8 Å². The maximum absolute atomic E-state index is 13.7. The van der Waals surface area contributed by atoms with Gasteiger partial charge < -0.3 is 10.1 Å². The minimum Gasteiger partial charge on any atom is -0.453 e. The van der Waals surface area contributed by atoms with E-state index in [1.807, 2.05) is 0 Å². The molecule has 1 unspecified atom stereocenters. The van der Waals surface area contributed by atoms with Crippen molar-refractivity contribution in [1.82, 2.24) is 4.90 Å². The molecule has 0 saturated heterocycles. The summed E-state index contributed by atoms with van der Waals surface area (Å²) in [6.07, 6.45) is -14.6. The van der Waals surface area contributed by atoms with E-state index in [1.54, 1.807) is 0 Å². The number of anilines is 1. The van der Waals surface area contributed by atoms with Crippen LogP contribution in [0.5, 0.6) is 0 Å². The van der Waals surface area contributed by atoms with Gasteiger partial charge in [-0.15, -0.1) is 0 Å². The molecule has 1 atom stereocenters. The number of rotatable bonds is 4. The number of fused-ring (bicyclic) bond motifs is 1. The van der Waals surface area contributed by atoms with Gasteiger partial charge in [-0.3, -0.25) is 4.90 Å². The molecule has 2 aromatic rings. The van der Waals surface area contributed by atoms with Crippen molar-refractivity contribution >= 4 is 11.8 Å². The third-order valence-electron chi connectivity index (χ3n) is 6.41. The normalized spacial score (nSPS) is 18.2. The molecule has 2 aliphatic rings. The Bertz CT molecular complexity index is 1150. The standard InChI is InChI=1S/C24H21F9N2O2/c1-37-21(36)35(11-12-6-14(22(25,26)27)8-15(7-12)23(28,29)30)19-4-5-34-20-17(13-2-3-13)9-16(10-18(19)20)24(31,32)33/h6-10,13,19,34H,2-5,11H2,1H3. The van der Waals surface area contributed by atoms with E-state index < -0.39 is 59.5 Å². The number of hydrogen-bond acceptors (Lipinski definition) is 3. The van der Waals surface area contributed by atoms with Gasteiger partial charge in [0.05, 0.1) is 29.8 Å². The summed E-state index contributed by atoms with van der Waals surface area (Å²) >= 11 is 0. The summed E-state index contributed by atoms with van der Waals surface area (Å²) < 4.78 is 126. The van der Waals surface area contributed by atoms with Crippen LogP contribution in [0.1, 0.15) is 64.6 Å². The first kappa shape index (κ1) is 26.9. The molecule has 1 fully saturated rings. The first-order chi connectivity index (χ1) is 17.1. The van der Waals surface area contributed by atoms with E-state index in [4.69, 9.17) is 4.74 Å². The molecular weight excluding hydrogens is 519 g/mol. The summed E-state index contributed by atoms with van der Waals surface area (Å²) in [5, 5.41) is 3.05. The van der Waals surface area contributed by atoms with Crippen molar-refractivity contribution in [1.29, 1.82) is 0 Å². The van der Waals surface area contributed by atoms with E-state index >= 15 is 0 Å². The molecule has 13 heteroatoms. The van der Waals surface area contributed by atoms with Crippen molar-refractivity contribution in [2.75, 3.05) is 19.0 Å². The van der Waals surface area contributed by atoms with Gasteiger partial charge in [0.25, 0.3) is 0 Å². The minimum atomic E-state index is -5.10. The fourth-order valence-electron chi connectivity index (χ4n) is 4.57. The lowest BCUT2D eigenvalue weighted by molar-refractivity contribution is -0.143. The van der Waals surface area contributed by atoms with Gasteiger partial charge in [0, 0.05) is 18.8 Å². The number of carbonyl (C=O) groups excluding carboxylic acids is 1. The molecule has 0 bridgehead atoms. The number of hydrogen-bond donors (Lipinski definition) is 1. The number of ether oxygens (including phenoxy) is 1. The smallest absolute Gasteiger partial charge is 0.416 e. The lowest BCUT2D eigenvalue weighted by Crippen LogP contribution is -2.38. The largest absolute Gasteiger partial charge is 0.453 e. The van der Waals surface area contributed by atoms with Crippen LogP contribution < -0.4 is 5.32 Å². The second-order valence-corrected chi connectivity index (χ2v) is 9.05. The zero-order valence-corrected chi connectivity index (χ0v) is 19.2. The van der Waals surface area contributed by atoms with Gasteiger partial charge >= 0.3 is 24.6 Å². The molecule has 1 heterocycles. The Morgan fingerprint density at radius 2 is 1.35 bits per heavy atom. The van der Waals surface area contributed by atoms with Crippen LogP contribution in [0, 0.1) is 0 Å². The minimum absolute atomic E-state index is 0.0384. The van der Waals surface area contributed by atoms with Crippen molar-refractivity contribution in [3.05, 3.63) is 63.7 Å². The molecule has 2 aromatic carbocycles.